The molecule has 0 aliphatic carbocycles. The van der Waals surface area contributed by atoms with Gasteiger partial charge in [0, 0.05) is 0 Å². The average Bonchev–Trinajstić information content (AvgIpc) is 2.26. The third kappa shape index (κ3) is 2.52. The summed E-state index contributed by atoms with van der Waals surface area (Å²) in [5, 5.41) is 0. The summed E-state index contributed by atoms with van der Waals surface area (Å²) in [5.41, 5.74) is 6.59. The van der Waals surface area contributed by atoms with Gasteiger partial charge >= 0.3 is 0 Å². The maximum atomic E-state index is 5.49. The van der Waals surface area contributed by atoms with E-state index in [1.165, 1.54) is 0 Å². The summed E-state index contributed by atoms with van der Waals surface area (Å²) < 4.78 is 0.848. The van der Waals surface area contributed by atoms with Gasteiger partial charge in [-0.3, -0.25) is 0 Å². The molecule has 1 aromatic heterocycles. The second-order valence-corrected chi connectivity index (χ2v) is 4.08. The molecular weight excluding hydrogens is 218 g/mol. The average molecular weight is 232 g/mol. The summed E-state index contributed by atoms with van der Waals surface area (Å²) in [4.78, 5) is 7.05. The van der Waals surface area contributed by atoms with Crippen molar-refractivity contribution in [3.8, 4) is 0 Å². The standard InChI is InChI=1S/C8H14BrN3/c1-5(2)3-4-6-7(9)12-8(10)11-6/h5H,3-4H2,1-2H3,(H3,10,11,12). The fourth-order valence-corrected chi connectivity index (χ4v) is 1.49. The Morgan fingerprint density at radius 3 is 2.67 bits per heavy atom. The molecule has 1 heterocycles. The molecule has 0 aliphatic rings. The highest BCUT2D eigenvalue weighted by atomic mass is 79.9. The van der Waals surface area contributed by atoms with Gasteiger partial charge < -0.3 is 10.7 Å². The molecule has 0 atom stereocenters. The molecule has 1 aromatic rings. The third-order valence-electron chi connectivity index (χ3n) is 1.72. The number of anilines is 1. The molecule has 0 bridgehead atoms. The Bertz CT molecular complexity index is 255. The first kappa shape index (κ1) is 9.58. The molecule has 0 radical (unpaired) electrons. The van der Waals surface area contributed by atoms with Crippen LogP contribution in [0.15, 0.2) is 4.60 Å². The van der Waals surface area contributed by atoms with Gasteiger partial charge in [0.25, 0.3) is 0 Å². The van der Waals surface area contributed by atoms with Gasteiger partial charge in [-0.05, 0) is 34.7 Å². The lowest BCUT2D eigenvalue weighted by Crippen LogP contribution is -1.93. The molecule has 0 spiro atoms. The highest BCUT2D eigenvalue weighted by Crippen LogP contribution is 2.17. The number of aromatic amines is 1. The predicted octanol–water partition coefficient (Wildman–Crippen LogP) is 2.34. The lowest BCUT2D eigenvalue weighted by molar-refractivity contribution is 0.581. The molecule has 0 aromatic carbocycles. The maximum Gasteiger partial charge on any atom is 0.198 e. The Morgan fingerprint density at radius 1 is 1.58 bits per heavy atom. The van der Waals surface area contributed by atoms with Crippen LogP contribution in [0.5, 0.6) is 0 Å². The Hall–Kier alpha value is -0.510. The third-order valence-corrected chi connectivity index (χ3v) is 2.37. The molecule has 68 valence electrons. The highest BCUT2D eigenvalue weighted by Gasteiger charge is 2.05. The van der Waals surface area contributed by atoms with Gasteiger partial charge in [0.1, 0.15) is 4.60 Å². The second kappa shape index (κ2) is 3.94. The van der Waals surface area contributed by atoms with Crippen molar-refractivity contribution >= 4 is 21.9 Å². The van der Waals surface area contributed by atoms with E-state index in [1.807, 2.05) is 0 Å². The van der Waals surface area contributed by atoms with Crippen LogP contribution in [-0.4, -0.2) is 9.97 Å². The predicted molar refractivity (Wildman–Crippen MR) is 53.9 cm³/mol. The maximum absolute atomic E-state index is 5.49. The molecule has 3 nitrogen and oxygen atoms in total. The van der Waals surface area contributed by atoms with Crippen LogP contribution in [-0.2, 0) is 6.42 Å². The van der Waals surface area contributed by atoms with Gasteiger partial charge in [0.15, 0.2) is 5.95 Å². The van der Waals surface area contributed by atoms with Crippen molar-refractivity contribution in [1.82, 2.24) is 9.97 Å². The molecular formula is C8H14BrN3. The van der Waals surface area contributed by atoms with E-state index in [4.69, 9.17) is 5.73 Å². The van der Waals surface area contributed by atoms with Crippen LogP contribution in [0.1, 0.15) is 26.0 Å². The van der Waals surface area contributed by atoms with Crippen LogP contribution in [0.4, 0.5) is 5.95 Å². The number of nitrogens with two attached hydrogens (primary N) is 1. The zero-order valence-electron chi connectivity index (χ0n) is 7.39. The van der Waals surface area contributed by atoms with Gasteiger partial charge in [0.05, 0.1) is 5.69 Å². The number of imidazole rings is 1. The molecule has 12 heavy (non-hydrogen) atoms. The monoisotopic (exact) mass is 231 g/mol. The van der Waals surface area contributed by atoms with Crippen LogP contribution in [0.3, 0.4) is 0 Å². The van der Waals surface area contributed by atoms with Crippen LogP contribution in [0, 0.1) is 5.92 Å². The lowest BCUT2D eigenvalue weighted by atomic mass is 10.1. The van der Waals surface area contributed by atoms with Gasteiger partial charge in [-0.15, -0.1) is 0 Å². The van der Waals surface area contributed by atoms with E-state index in [0.717, 1.165) is 23.1 Å². The van der Waals surface area contributed by atoms with Crippen LogP contribution < -0.4 is 5.73 Å². The molecule has 0 aliphatic heterocycles. The van der Waals surface area contributed by atoms with Crippen molar-refractivity contribution in [2.24, 2.45) is 5.92 Å². The minimum Gasteiger partial charge on any atom is -0.369 e. The van der Waals surface area contributed by atoms with Gasteiger partial charge in [-0.2, -0.15) is 0 Å². The Labute approximate surface area is 80.9 Å². The van der Waals surface area contributed by atoms with Gasteiger partial charge in [-0.25, -0.2) is 4.98 Å². The number of nitrogens with one attached hydrogen (secondary N) is 1. The number of hydrogen-bond donors (Lipinski definition) is 2. The molecule has 3 N–H and O–H groups in total. The Balaban J connectivity index is 2.57. The number of halogens is 1. The molecule has 0 saturated heterocycles. The van der Waals surface area contributed by atoms with Crippen molar-refractivity contribution < 1.29 is 0 Å². The largest absolute Gasteiger partial charge is 0.369 e. The van der Waals surface area contributed by atoms with Gasteiger partial charge in [0.2, 0.25) is 0 Å². The minimum absolute atomic E-state index is 0.487. The van der Waals surface area contributed by atoms with E-state index in [0.29, 0.717) is 11.9 Å². The summed E-state index contributed by atoms with van der Waals surface area (Å²) in [6.45, 7) is 4.40. The van der Waals surface area contributed by atoms with Crippen molar-refractivity contribution in [3.63, 3.8) is 0 Å². The summed E-state index contributed by atoms with van der Waals surface area (Å²) in [6.07, 6.45) is 2.16. The van der Waals surface area contributed by atoms with Crippen LogP contribution in [0.25, 0.3) is 0 Å². The quantitative estimate of drug-likeness (QED) is 0.840. The molecule has 4 heteroatoms. The second-order valence-electron chi connectivity index (χ2n) is 3.32. The SMILES string of the molecule is CC(C)CCc1[nH]c(N)nc1Br. The number of H-pyrrole nitrogens is 1. The Morgan fingerprint density at radius 2 is 2.25 bits per heavy atom. The van der Waals surface area contributed by atoms with Crippen LogP contribution >= 0.6 is 15.9 Å². The molecule has 0 fully saturated rings. The fourth-order valence-electron chi connectivity index (χ4n) is 1.01. The molecule has 0 amide bonds. The Kier molecular flexibility index (Phi) is 3.14. The van der Waals surface area contributed by atoms with E-state index < -0.39 is 0 Å². The number of hydrogen-bond acceptors (Lipinski definition) is 2. The van der Waals surface area contributed by atoms with E-state index in [-0.39, 0.29) is 0 Å². The van der Waals surface area contributed by atoms with E-state index in [9.17, 15) is 0 Å². The first-order chi connectivity index (χ1) is 5.59. The smallest absolute Gasteiger partial charge is 0.198 e. The van der Waals surface area contributed by atoms with Crippen molar-refractivity contribution in [3.05, 3.63) is 10.3 Å². The van der Waals surface area contributed by atoms with E-state index in [1.54, 1.807) is 0 Å². The van der Waals surface area contributed by atoms with Crippen molar-refractivity contribution in [2.45, 2.75) is 26.7 Å². The van der Waals surface area contributed by atoms with E-state index >= 15 is 0 Å². The summed E-state index contributed by atoms with van der Waals surface area (Å²) >= 11 is 3.34. The molecule has 0 saturated carbocycles. The van der Waals surface area contributed by atoms with Crippen LogP contribution in [0.2, 0.25) is 0 Å². The number of nitrogen functional groups attached to an aromatic ring is 1. The zero-order chi connectivity index (χ0) is 9.14. The first-order valence-corrected chi connectivity index (χ1v) is 4.88. The summed E-state index contributed by atoms with van der Waals surface area (Å²) in [7, 11) is 0. The van der Waals surface area contributed by atoms with Gasteiger partial charge in [-0.1, -0.05) is 13.8 Å². The molecule has 0 unspecified atom stereocenters. The topological polar surface area (TPSA) is 54.7 Å². The minimum atomic E-state index is 0.487. The normalized spacial score (nSPS) is 11.0. The number of rotatable bonds is 3. The summed E-state index contributed by atoms with van der Waals surface area (Å²) in [6, 6.07) is 0. The van der Waals surface area contributed by atoms with E-state index in [2.05, 4.69) is 39.7 Å². The number of aromatic nitrogens is 2. The first-order valence-electron chi connectivity index (χ1n) is 4.09. The number of aryl methyl sites for hydroxylation is 1. The summed E-state index contributed by atoms with van der Waals surface area (Å²) in [5.74, 6) is 1.20. The fraction of sp³-hybridized carbons (Fsp3) is 0.625. The van der Waals surface area contributed by atoms with Crippen molar-refractivity contribution in [1.29, 1.82) is 0 Å². The lowest BCUT2D eigenvalue weighted by Gasteiger charge is -2.01. The number of nitrogens with zero attached hydrogens (tertiary/aromatic N) is 1. The highest BCUT2D eigenvalue weighted by molar-refractivity contribution is 9.10. The zero-order valence-corrected chi connectivity index (χ0v) is 8.98. The van der Waals surface area contributed by atoms with Crippen molar-refractivity contribution in [2.75, 3.05) is 5.73 Å². The molecule has 1 rings (SSSR count).